The molecule has 0 bridgehead atoms. The number of nitrogens with zero attached hydrogens (tertiary/aromatic N) is 3. The van der Waals surface area contributed by atoms with Crippen LogP contribution in [0.4, 0.5) is 0 Å². The fourth-order valence-electron chi connectivity index (χ4n) is 2.96. The van der Waals surface area contributed by atoms with E-state index in [2.05, 4.69) is 29.2 Å². The molecule has 0 aromatic carbocycles. The van der Waals surface area contributed by atoms with Crippen LogP contribution < -0.4 is 5.32 Å². The van der Waals surface area contributed by atoms with Crippen LogP contribution >= 0.6 is 0 Å². The lowest BCUT2D eigenvalue weighted by molar-refractivity contribution is -0.133. The maximum atomic E-state index is 12.2. The van der Waals surface area contributed by atoms with E-state index in [1.807, 2.05) is 0 Å². The van der Waals surface area contributed by atoms with Gasteiger partial charge in [-0.2, -0.15) is 5.10 Å². The highest BCUT2D eigenvalue weighted by atomic mass is 32.2. The van der Waals surface area contributed by atoms with Crippen molar-refractivity contribution in [3.05, 3.63) is 0 Å². The predicted octanol–water partition coefficient (Wildman–Crippen LogP) is -0.390. The minimum atomic E-state index is -3.10. The smallest absolute Gasteiger partial charge is 0.267 e. The third kappa shape index (κ3) is 4.76. The molecular formula is C15H26N4O4S. The van der Waals surface area contributed by atoms with E-state index in [9.17, 15) is 18.0 Å². The van der Waals surface area contributed by atoms with Gasteiger partial charge in [0, 0.05) is 25.9 Å². The van der Waals surface area contributed by atoms with Crippen molar-refractivity contribution in [2.75, 3.05) is 37.7 Å². The van der Waals surface area contributed by atoms with E-state index in [1.165, 1.54) is 5.01 Å². The number of hydrazone groups is 1. The number of hydrogen-bond donors (Lipinski definition) is 1. The number of rotatable bonds is 7. The Kier molecular flexibility index (Phi) is 6.34. The van der Waals surface area contributed by atoms with E-state index in [0.717, 1.165) is 19.6 Å². The SMILES string of the molecule is CCN(CC)CCNC(=O)C1=NN(C2CCS(=O)(=O)C2)C(=O)CC1. The molecule has 2 rings (SSSR count). The first-order valence-corrected chi connectivity index (χ1v) is 10.3. The van der Waals surface area contributed by atoms with E-state index in [4.69, 9.17) is 0 Å². The number of amides is 2. The lowest BCUT2D eigenvalue weighted by Gasteiger charge is -2.27. The standard InChI is InChI=1S/C15H26N4O4S/c1-3-18(4-2)9-8-16-15(21)13-5-6-14(20)19(17-13)12-7-10-24(22,23)11-12/h12H,3-11H2,1-2H3,(H,16,21). The fourth-order valence-corrected chi connectivity index (χ4v) is 4.65. The van der Waals surface area contributed by atoms with E-state index < -0.39 is 15.9 Å². The lowest BCUT2D eigenvalue weighted by atomic mass is 10.1. The van der Waals surface area contributed by atoms with Gasteiger partial charge in [-0.3, -0.25) is 9.59 Å². The molecule has 24 heavy (non-hydrogen) atoms. The van der Waals surface area contributed by atoms with Gasteiger partial charge < -0.3 is 10.2 Å². The molecule has 136 valence electrons. The second-order valence-corrected chi connectivity index (χ2v) is 8.35. The molecule has 0 aromatic heterocycles. The van der Waals surface area contributed by atoms with Crippen LogP contribution in [0.3, 0.4) is 0 Å². The molecule has 1 saturated heterocycles. The maximum Gasteiger partial charge on any atom is 0.267 e. The minimum absolute atomic E-state index is 0.0703. The Balaban J connectivity index is 1.95. The highest BCUT2D eigenvalue weighted by Gasteiger charge is 2.37. The van der Waals surface area contributed by atoms with Gasteiger partial charge in [-0.15, -0.1) is 0 Å². The van der Waals surface area contributed by atoms with Crippen molar-refractivity contribution in [1.82, 2.24) is 15.2 Å². The van der Waals surface area contributed by atoms with Crippen LogP contribution in [-0.4, -0.2) is 79.6 Å². The molecule has 1 fully saturated rings. The van der Waals surface area contributed by atoms with Gasteiger partial charge in [0.25, 0.3) is 5.91 Å². The van der Waals surface area contributed by atoms with Crippen LogP contribution in [0.1, 0.15) is 33.1 Å². The second kappa shape index (κ2) is 8.06. The summed E-state index contributed by atoms with van der Waals surface area (Å²) >= 11 is 0. The summed E-state index contributed by atoms with van der Waals surface area (Å²) in [6.45, 7) is 7.25. The maximum absolute atomic E-state index is 12.2. The van der Waals surface area contributed by atoms with Gasteiger partial charge in [0.1, 0.15) is 5.71 Å². The van der Waals surface area contributed by atoms with Crippen molar-refractivity contribution in [2.24, 2.45) is 5.10 Å². The van der Waals surface area contributed by atoms with Crippen molar-refractivity contribution >= 4 is 27.4 Å². The predicted molar refractivity (Wildman–Crippen MR) is 91.4 cm³/mol. The average Bonchev–Trinajstić information content (AvgIpc) is 2.91. The van der Waals surface area contributed by atoms with Gasteiger partial charge in [-0.1, -0.05) is 13.8 Å². The monoisotopic (exact) mass is 358 g/mol. The molecule has 2 amide bonds. The summed E-state index contributed by atoms with van der Waals surface area (Å²) in [7, 11) is -3.10. The van der Waals surface area contributed by atoms with Crippen LogP contribution in [0.15, 0.2) is 5.10 Å². The Hall–Kier alpha value is -1.48. The zero-order valence-electron chi connectivity index (χ0n) is 14.3. The van der Waals surface area contributed by atoms with Crippen molar-refractivity contribution in [3.63, 3.8) is 0 Å². The molecule has 8 nitrogen and oxygen atoms in total. The van der Waals surface area contributed by atoms with E-state index >= 15 is 0 Å². The van der Waals surface area contributed by atoms with Crippen molar-refractivity contribution < 1.29 is 18.0 Å². The number of nitrogens with one attached hydrogen (secondary N) is 1. The number of carbonyl (C=O) groups is 2. The third-order valence-electron chi connectivity index (χ3n) is 4.48. The highest BCUT2D eigenvalue weighted by molar-refractivity contribution is 7.91. The van der Waals surface area contributed by atoms with Crippen molar-refractivity contribution in [2.45, 2.75) is 39.2 Å². The largest absolute Gasteiger partial charge is 0.350 e. The van der Waals surface area contributed by atoms with Gasteiger partial charge >= 0.3 is 0 Å². The van der Waals surface area contributed by atoms with Gasteiger partial charge in [-0.25, -0.2) is 13.4 Å². The number of carbonyl (C=O) groups excluding carboxylic acids is 2. The molecule has 2 heterocycles. The van der Waals surface area contributed by atoms with Gasteiger partial charge in [0.2, 0.25) is 5.91 Å². The quantitative estimate of drug-likeness (QED) is 0.668. The van der Waals surface area contributed by atoms with Crippen LogP contribution in [0, 0.1) is 0 Å². The van der Waals surface area contributed by atoms with E-state index in [1.54, 1.807) is 0 Å². The molecule has 9 heteroatoms. The highest BCUT2D eigenvalue weighted by Crippen LogP contribution is 2.22. The van der Waals surface area contributed by atoms with Gasteiger partial charge in [-0.05, 0) is 19.5 Å². The first-order chi connectivity index (χ1) is 11.4. The molecule has 0 radical (unpaired) electrons. The summed E-state index contributed by atoms with van der Waals surface area (Å²) in [5, 5.41) is 8.20. The Labute approximate surface area is 143 Å². The molecule has 2 aliphatic rings. The molecule has 1 unspecified atom stereocenters. The summed E-state index contributed by atoms with van der Waals surface area (Å²) in [6, 6.07) is -0.443. The zero-order chi connectivity index (χ0) is 17.7. The van der Waals surface area contributed by atoms with Gasteiger partial charge in [0.15, 0.2) is 9.84 Å². The Morgan fingerprint density at radius 3 is 2.62 bits per heavy atom. The first-order valence-electron chi connectivity index (χ1n) is 8.46. The topological polar surface area (TPSA) is 99.2 Å². The minimum Gasteiger partial charge on any atom is -0.350 e. The Morgan fingerprint density at radius 1 is 1.33 bits per heavy atom. The molecule has 0 saturated carbocycles. The first kappa shape index (κ1) is 18.9. The van der Waals surface area contributed by atoms with Crippen LogP contribution in [0.25, 0.3) is 0 Å². The molecular weight excluding hydrogens is 332 g/mol. The second-order valence-electron chi connectivity index (χ2n) is 6.12. The Bertz CT molecular complexity index is 613. The third-order valence-corrected chi connectivity index (χ3v) is 6.23. The molecule has 1 N–H and O–H groups in total. The fraction of sp³-hybridized carbons (Fsp3) is 0.800. The normalized spacial score (nSPS) is 23.5. The lowest BCUT2D eigenvalue weighted by Crippen LogP contribution is -2.45. The van der Waals surface area contributed by atoms with Gasteiger partial charge in [0.05, 0.1) is 17.5 Å². The molecule has 1 atom stereocenters. The average molecular weight is 358 g/mol. The summed E-state index contributed by atoms with van der Waals surface area (Å²) < 4.78 is 23.2. The van der Waals surface area contributed by atoms with Crippen LogP contribution in [-0.2, 0) is 19.4 Å². The summed E-state index contributed by atoms with van der Waals surface area (Å²) in [4.78, 5) is 26.5. The summed E-state index contributed by atoms with van der Waals surface area (Å²) in [5.41, 5.74) is 0.304. The van der Waals surface area contributed by atoms with Crippen LogP contribution in [0.5, 0.6) is 0 Å². The summed E-state index contributed by atoms with van der Waals surface area (Å²) in [5.74, 6) is -0.487. The molecule has 0 aromatic rings. The zero-order valence-corrected chi connectivity index (χ0v) is 15.1. The van der Waals surface area contributed by atoms with E-state index in [-0.39, 0.29) is 29.7 Å². The number of sulfone groups is 1. The summed E-state index contributed by atoms with van der Waals surface area (Å²) in [6.07, 6.45) is 0.874. The van der Waals surface area contributed by atoms with E-state index in [0.29, 0.717) is 25.1 Å². The Morgan fingerprint density at radius 2 is 2.04 bits per heavy atom. The number of likely N-dealkylation sites (N-methyl/N-ethyl adjacent to an activating group) is 1. The molecule has 0 aliphatic carbocycles. The van der Waals surface area contributed by atoms with Crippen molar-refractivity contribution in [1.29, 1.82) is 0 Å². The van der Waals surface area contributed by atoms with Crippen molar-refractivity contribution in [3.8, 4) is 0 Å². The molecule has 0 spiro atoms. The molecule has 2 aliphatic heterocycles. The number of hydrogen-bond acceptors (Lipinski definition) is 6. The van der Waals surface area contributed by atoms with Crippen LogP contribution in [0.2, 0.25) is 0 Å².